The fourth-order valence-electron chi connectivity index (χ4n) is 4.15. The number of nitrogens with zero attached hydrogens (tertiary/aromatic N) is 4. The molecule has 1 aliphatic heterocycles. The first-order chi connectivity index (χ1) is 15.4. The molecule has 166 valence electrons. The van der Waals surface area contributed by atoms with Crippen LogP contribution in [0.25, 0.3) is 5.69 Å². The van der Waals surface area contributed by atoms with Gasteiger partial charge in [-0.2, -0.15) is 5.10 Å². The van der Waals surface area contributed by atoms with Crippen molar-refractivity contribution in [3.05, 3.63) is 81.2 Å². The number of rotatable bonds is 7. The average molecular weight is 434 g/mol. The predicted molar refractivity (Wildman–Crippen MR) is 124 cm³/mol. The minimum Gasteiger partial charge on any atom is -0.366 e. The lowest BCUT2D eigenvalue weighted by molar-refractivity contribution is -0.384. The fourth-order valence-corrected chi connectivity index (χ4v) is 4.15. The molecule has 1 saturated heterocycles. The molecule has 8 heteroatoms. The van der Waals surface area contributed by atoms with Crippen molar-refractivity contribution < 1.29 is 9.72 Å². The van der Waals surface area contributed by atoms with Crippen LogP contribution in [0.2, 0.25) is 0 Å². The number of benzene rings is 2. The van der Waals surface area contributed by atoms with Crippen LogP contribution in [0, 0.1) is 24.0 Å². The van der Waals surface area contributed by atoms with E-state index in [0.717, 1.165) is 48.6 Å². The summed E-state index contributed by atoms with van der Waals surface area (Å²) in [5.74, 6) is -0.305. The molecule has 2 aromatic carbocycles. The van der Waals surface area contributed by atoms with Crippen LogP contribution in [0.1, 0.15) is 40.2 Å². The predicted octanol–water partition coefficient (Wildman–Crippen LogP) is 3.97. The van der Waals surface area contributed by atoms with Crippen molar-refractivity contribution in [2.75, 3.05) is 24.5 Å². The number of carbonyl (C=O) groups excluding carboxylic acids is 1. The third-order valence-electron chi connectivity index (χ3n) is 5.77. The Kier molecular flexibility index (Phi) is 6.20. The maximum absolute atomic E-state index is 12.6. The smallest absolute Gasteiger partial charge is 0.293 e. The quantitative estimate of drug-likeness (QED) is 0.450. The van der Waals surface area contributed by atoms with Gasteiger partial charge in [-0.05, 0) is 69.0 Å². The second-order valence-electron chi connectivity index (χ2n) is 8.17. The van der Waals surface area contributed by atoms with Gasteiger partial charge < -0.3 is 10.2 Å². The highest BCUT2D eigenvalue weighted by Gasteiger charge is 2.23. The Hall–Kier alpha value is -3.68. The Morgan fingerprint density at radius 2 is 1.81 bits per heavy atom. The van der Waals surface area contributed by atoms with Gasteiger partial charge in [-0.1, -0.05) is 12.1 Å². The van der Waals surface area contributed by atoms with Crippen LogP contribution in [0.3, 0.4) is 0 Å². The Balaban J connectivity index is 1.37. The second kappa shape index (κ2) is 9.21. The zero-order valence-electron chi connectivity index (χ0n) is 18.4. The van der Waals surface area contributed by atoms with Gasteiger partial charge in [0.1, 0.15) is 5.69 Å². The number of anilines is 1. The van der Waals surface area contributed by atoms with Gasteiger partial charge in [0.25, 0.3) is 11.6 Å². The molecule has 0 bridgehead atoms. The third kappa shape index (κ3) is 4.64. The van der Waals surface area contributed by atoms with E-state index in [4.69, 9.17) is 0 Å². The first-order valence-corrected chi connectivity index (χ1v) is 10.9. The van der Waals surface area contributed by atoms with Crippen molar-refractivity contribution in [3.8, 4) is 5.69 Å². The number of amides is 1. The summed E-state index contributed by atoms with van der Waals surface area (Å²) in [5.41, 5.74) is 5.01. The highest BCUT2D eigenvalue weighted by atomic mass is 16.6. The van der Waals surface area contributed by atoms with E-state index in [0.29, 0.717) is 24.2 Å². The molecule has 0 atom stereocenters. The maximum Gasteiger partial charge on any atom is 0.293 e. The van der Waals surface area contributed by atoms with Gasteiger partial charge in [0.05, 0.1) is 16.3 Å². The molecule has 32 heavy (non-hydrogen) atoms. The molecule has 3 aromatic rings. The summed E-state index contributed by atoms with van der Waals surface area (Å²) >= 11 is 0. The van der Waals surface area contributed by atoms with Crippen LogP contribution in [0.4, 0.5) is 11.4 Å². The lowest BCUT2D eigenvalue weighted by Crippen LogP contribution is -2.26. The SMILES string of the molecule is Cc1cc(C)n(-c2ccc(CCNC(=O)c3ccc(N4CCCC4)c([N+](=O)[O-])c3)cc2)n1. The molecule has 0 radical (unpaired) electrons. The zero-order valence-corrected chi connectivity index (χ0v) is 18.4. The summed E-state index contributed by atoms with van der Waals surface area (Å²) < 4.78 is 1.90. The topological polar surface area (TPSA) is 93.3 Å². The number of nitrogens with one attached hydrogen (secondary N) is 1. The van der Waals surface area contributed by atoms with Crippen LogP contribution >= 0.6 is 0 Å². The maximum atomic E-state index is 12.6. The van der Waals surface area contributed by atoms with Gasteiger partial charge in [0, 0.05) is 37.0 Å². The van der Waals surface area contributed by atoms with Crippen molar-refractivity contribution in [2.24, 2.45) is 0 Å². The molecule has 1 aliphatic rings. The van der Waals surface area contributed by atoms with E-state index < -0.39 is 4.92 Å². The molecular formula is C24H27N5O3. The molecule has 2 heterocycles. The molecule has 1 amide bonds. The molecule has 8 nitrogen and oxygen atoms in total. The number of carbonyl (C=O) groups is 1. The Bertz CT molecular complexity index is 1130. The number of hydrogen-bond acceptors (Lipinski definition) is 5. The normalized spacial score (nSPS) is 13.4. The van der Waals surface area contributed by atoms with Gasteiger partial charge in [-0.3, -0.25) is 14.9 Å². The Morgan fingerprint density at radius 3 is 2.44 bits per heavy atom. The number of nitro benzene ring substituents is 1. The van der Waals surface area contributed by atoms with Gasteiger partial charge in [0.2, 0.25) is 0 Å². The van der Waals surface area contributed by atoms with Crippen molar-refractivity contribution in [2.45, 2.75) is 33.1 Å². The van der Waals surface area contributed by atoms with Crippen molar-refractivity contribution in [1.82, 2.24) is 15.1 Å². The molecule has 0 aliphatic carbocycles. The summed E-state index contributed by atoms with van der Waals surface area (Å²) in [5, 5.41) is 18.9. The van der Waals surface area contributed by atoms with Crippen LogP contribution in [-0.4, -0.2) is 40.2 Å². The van der Waals surface area contributed by atoms with Crippen LogP contribution in [0.5, 0.6) is 0 Å². The summed E-state index contributed by atoms with van der Waals surface area (Å²) in [7, 11) is 0. The third-order valence-corrected chi connectivity index (χ3v) is 5.77. The van der Waals surface area contributed by atoms with Crippen molar-refractivity contribution in [3.63, 3.8) is 0 Å². The van der Waals surface area contributed by atoms with E-state index in [1.54, 1.807) is 12.1 Å². The number of aromatic nitrogens is 2. The molecule has 0 saturated carbocycles. The van der Waals surface area contributed by atoms with E-state index in [1.807, 2.05) is 53.8 Å². The van der Waals surface area contributed by atoms with E-state index in [-0.39, 0.29) is 11.6 Å². The van der Waals surface area contributed by atoms with E-state index >= 15 is 0 Å². The monoisotopic (exact) mass is 433 g/mol. The largest absolute Gasteiger partial charge is 0.366 e. The van der Waals surface area contributed by atoms with Crippen molar-refractivity contribution >= 4 is 17.3 Å². The van der Waals surface area contributed by atoms with Crippen LogP contribution in [0.15, 0.2) is 48.5 Å². The fraction of sp³-hybridized carbons (Fsp3) is 0.333. The number of hydrogen-bond donors (Lipinski definition) is 1. The molecule has 1 aromatic heterocycles. The summed E-state index contributed by atoms with van der Waals surface area (Å²) in [6, 6.07) is 14.8. The van der Waals surface area contributed by atoms with Crippen LogP contribution < -0.4 is 10.2 Å². The first kappa shape index (κ1) is 21.5. The zero-order chi connectivity index (χ0) is 22.7. The van der Waals surface area contributed by atoms with Crippen LogP contribution in [-0.2, 0) is 6.42 Å². The molecule has 0 unspecified atom stereocenters. The summed E-state index contributed by atoms with van der Waals surface area (Å²) in [6.45, 7) is 6.05. The average Bonchev–Trinajstić information content (AvgIpc) is 3.43. The molecular weight excluding hydrogens is 406 g/mol. The van der Waals surface area contributed by atoms with E-state index in [9.17, 15) is 14.9 Å². The second-order valence-corrected chi connectivity index (χ2v) is 8.17. The molecule has 1 fully saturated rings. The molecule has 0 spiro atoms. The molecule has 1 N–H and O–H groups in total. The summed E-state index contributed by atoms with van der Waals surface area (Å²) in [4.78, 5) is 25.7. The number of aryl methyl sites for hydroxylation is 2. The lowest BCUT2D eigenvalue weighted by atomic mass is 10.1. The lowest BCUT2D eigenvalue weighted by Gasteiger charge is -2.17. The van der Waals surface area contributed by atoms with Gasteiger partial charge in [0.15, 0.2) is 0 Å². The van der Waals surface area contributed by atoms with Gasteiger partial charge in [-0.25, -0.2) is 4.68 Å². The van der Waals surface area contributed by atoms with Crippen molar-refractivity contribution in [1.29, 1.82) is 0 Å². The Labute approximate surface area is 187 Å². The van der Waals surface area contributed by atoms with E-state index in [1.165, 1.54) is 6.07 Å². The highest BCUT2D eigenvalue weighted by Crippen LogP contribution is 2.31. The van der Waals surface area contributed by atoms with E-state index in [2.05, 4.69) is 10.4 Å². The standard InChI is InChI=1S/C24H27N5O3/c1-17-15-18(2)28(26-17)21-8-5-19(6-9-21)11-12-25-24(30)20-7-10-22(23(16-20)29(31)32)27-13-3-4-14-27/h5-10,15-16H,3-4,11-14H2,1-2H3,(H,25,30). The van der Waals surface area contributed by atoms with Gasteiger partial charge >= 0.3 is 0 Å². The minimum atomic E-state index is -0.408. The highest BCUT2D eigenvalue weighted by molar-refractivity contribution is 5.95. The summed E-state index contributed by atoms with van der Waals surface area (Å²) in [6.07, 6.45) is 2.72. The molecule has 4 rings (SSSR count). The first-order valence-electron chi connectivity index (χ1n) is 10.9. The minimum absolute atomic E-state index is 0.0145. The van der Waals surface area contributed by atoms with Gasteiger partial charge in [-0.15, -0.1) is 0 Å². The number of nitro groups is 1. The Morgan fingerprint density at radius 1 is 1.09 bits per heavy atom.